The summed E-state index contributed by atoms with van der Waals surface area (Å²) in [5.41, 5.74) is 1.01. The van der Waals surface area contributed by atoms with Crippen molar-refractivity contribution in [2.75, 3.05) is 0 Å². The van der Waals surface area contributed by atoms with E-state index in [0.717, 1.165) is 25.0 Å². The van der Waals surface area contributed by atoms with Crippen LogP contribution in [0.3, 0.4) is 0 Å². The third kappa shape index (κ3) is 1.87. The summed E-state index contributed by atoms with van der Waals surface area (Å²) in [6.45, 7) is 7.85. The Labute approximate surface area is 74.0 Å². The average molecular weight is 167 g/mol. The number of Topliss-reactive ketones (excluding diaryl/α,β-unsaturated/α-hetero) is 1. The predicted octanol–water partition coefficient (Wildman–Crippen LogP) is 1.87. The van der Waals surface area contributed by atoms with E-state index in [4.69, 9.17) is 0 Å². The van der Waals surface area contributed by atoms with Crippen molar-refractivity contribution in [3.8, 4) is 0 Å². The van der Waals surface area contributed by atoms with Gasteiger partial charge in [0.05, 0.1) is 6.04 Å². The van der Waals surface area contributed by atoms with Crippen LogP contribution in [-0.4, -0.2) is 11.8 Å². The van der Waals surface area contributed by atoms with Gasteiger partial charge in [-0.2, -0.15) is 0 Å². The van der Waals surface area contributed by atoms with E-state index in [0.29, 0.717) is 5.78 Å². The molecule has 1 aliphatic heterocycles. The van der Waals surface area contributed by atoms with Crippen molar-refractivity contribution in [1.82, 2.24) is 5.32 Å². The third-order valence-corrected chi connectivity index (χ3v) is 2.55. The summed E-state index contributed by atoms with van der Waals surface area (Å²) in [4.78, 5) is 11.6. The fourth-order valence-electron chi connectivity index (χ4n) is 1.47. The van der Waals surface area contributed by atoms with Gasteiger partial charge in [-0.15, -0.1) is 0 Å². The minimum atomic E-state index is 0.0486. The number of nitrogens with one attached hydrogen (secondary N) is 1. The highest BCUT2D eigenvalue weighted by Gasteiger charge is 2.26. The van der Waals surface area contributed by atoms with Gasteiger partial charge < -0.3 is 5.32 Å². The maximum Gasteiger partial charge on any atom is 0.157 e. The quantitative estimate of drug-likeness (QED) is 0.695. The van der Waals surface area contributed by atoms with Crippen LogP contribution in [0.5, 0.6) is 0 Å². The maximum atomic E-state index is 11.6. The van der Waals surface area contributed by atoms with Crippen LogP contribution in [0.1, 0.15) is 33.1 Å². The molecule has 0 aromatic heterocycles. The summed E-state index contributed by atoms with van der Waals surface area (Å²) in [5, 5.41) is 3.12. The first kappa shape index (κ1) is 9.30. The molecule has 2 nitrogen and oxygen atoms in total. The van der Waals surface area contributed by atoms with Crippen molar-refractivity contribution in [2.24, 2.45) is 5.92 Å². The molecule has 2 heteroatoms. The van der Waals surface area contributed by atoms with Crippen molar-refractivity contribution < 1.29 is 4.79 Å². The van der Waals surface area contributed by atoms with Gasteiger partial charge >= 0.3 is 0 Å². The topological polar surface area (TPSA) is 29.1 Å². The second kappa shape index (κ2) is 3.74. The monoisotopic (exact) mass is 167 g/mol. The molecule has 1 aliphatic rings. The van der Waals surface area contributed by atoms with Gasteiger partial charge in [0, 0.05) is 11.6 Å². The number of rotatable bonds is 3. The van der Waals surface area contributed by atoms with Gasteiger partial charge in [0.2, 0.25) is 0 Å². The zero-order chi connectivity index (χ0) is 9.14. The number of hydrogen-bond acceptors (Lipinski definition) is 2. The molecule has 0 amide bonds. The first-order chi connectivity index (χ1) is 5.65. The SMILES string of the molecule is C=C1CCC(C(=O)C(C)CC)N1. The summed E-state index contributed by atoms with van der Waals surface area (Å²) in [7, 11) is 0. The zero-order valence-electron chi connectivity index (χ0n) is 7.89. The Bertz CT molecular complexity index is 198. The van der Waals surface area contributed by atoms with E-state index in [-0.39, 0.29) is 12.0 Å². The molecule has 1 heterocycles. The zero-order valence-corrected chi connectivity index (χ0v) is 7.89. The van der Waals surface area contributed by atoms with Crippen molar-refractivity contribution in [2.45, 2.75) is 39.2 Å². The van der Waals surface area contributed by atoms with Gasteiger partial charge in [0.15, 0.2) is 5.78 Å². The number of carbonyl (C=O) groups excluding carboxylic acids is 1. The normalized spacial score (nSPS) is 25.2. The van der Waals surface area contributed by atoms with Gasteiger partial charge in [-0.3, -0.25) is 4.79 Å². The highest BCUT2D eigenvalue weighted by atomic mass is 16.1. The second-order valence-corrected chi connectivity index (χ2v) is 3.55. The fourth-order valence-corrected chi connectivity index (χ4v) is 1.47. The average Bonchev–Trinajstić information content (AvgIpc) is 2.49. The molecule has 0 spiro atoms. The Balaban J connectivity index is 2.48. The van der Waals surface area contributed by atoms with E-state index in [1.165, 1.54) is 0 Å². The summed E-state index contributed by atoms with van der Waals surface area (Å²) >= 11 is 0. The molecule has 0 aromatic carbocycles. The Morgan fingerprint density at radius 3 is 2.92 bits per heavy atom. The lowest BCUT2D eigenvalue weighted by Gasteiger charge is -2.14. The van der Waals surface area contributed by atoms with Crippen LogP contribution >= 0.6 is 0 Å². The van der Waals surface area contributed by atoms with Crippen LogP contribution in [0.25, 0.3) is 0 Å². The Hall–Kier alpha value is -0.790. The number of allylic oxidation sites excluding steroid dienone is 1. The van der Waals surface area contributed by atoms with E-state index < -0.39 is 0 Å². The van der Waals surface area contributed by atoms with E-state index in [1.54, 1.807) is 0 Å². The molecule has 68 valence electrons. The molecule has 0 aliphatic carbocycles. The summed E-state index contributed by atoms with van der Waals surface area (Å²) < 4.78 is 0. The summed E-state index contributed by atoms with van der Waals surface area (Å²) in [6.07, 6.45) is 2.82. The van der Waals surface area contributed by atoms with Crippen LogP contribution in [-0.2, 0) is 4.79 Å². The first-order valence-electron chi connectivity index (χ1n) is 4.63. The molecular weight excluding hydrogens is 150 g/mol. The smallest absolute Gasteiger partial charge is 0.157 e. The van der Waals surface area contributed by atoms with Gasteiger partial charge in [-0.1, -0.05) is 20.4 Å². The van der Waals surface area contributed by atoms with Crippen LogP contribution in [0.2, 0.25) is 0 Å². The Morgan fingerprint density at radius 2 is 2.50 bits per heavy atom. The molecule has 2 atom stereocenters. The largest absolute Gasteiger partial charge is 0.379 e. The predicted molar refractivity (Wildman–Crippen MR) is 49.8 cm³/mol. The summed E-state index contributed by atoms with van der Waals surface area (Å²) in [5.74, 6) is 0.532. The minimum absolute atomic E-state index is 0.0486. The van der Waals surface area contributed by atoms with Crippen molar-refractivity contribution >= 4 is 5.78 Å². The first-order valence-corrected chi connectivity index (χ1v) is 4.63. The molecule has 2 unspecified atom stereocenters. The number of carbonyl (C=O) groups is 1. The lowest BCUT2D eigenvalue weighted by atomic mass is 9.97. The Morgan fingerprint density at radius 1 is 1.83 bits per heavy atom. The molecule has 1 saturated heterocycles. The molecular formula is C10H17NO. The fraction of sp³-hybridized carbons (Fsp3) is 0.700. The summed E-state index contributed by atoms with van der Waals surface area (Å²) in [6, 6.07) is 0.0486. The van der Waals surface area contributed by atoms with E-state index >= 15 is 0 Å². The van der Waals surface area contributed by atoms with E-state index in [9.17, 15) is 4.79 Å². The Kier molecular flexibility index (Phi) is 2.90. The maximum absolute atomic E-state index is 11.6. The lowest BCUT2D eigenvalue weighted by Crippen LogP contribution is -2.33. The highest BCUT2D eigenvalue weighted by molar-refractivity contribution is 5.86. The van der Waals surface area contributed by atoms with Gasteiger partial charge in [0.25, 0.3) is 0 Å². The van der Waals surface area contributed by atoms with Crippen LogP contribution < -0.4 is 5.32 Å². The highest BCUT2D eigenvalue weighted by Crippen LogP contribution is 2.18. The van der Waals surface area contributed by atoms with Gasteiger partial charge in [-0.25, -0.2) is 0 Å². The second-order valence-electron chi connectivity index (χ2n) is 3.55. The molecule has 1 rings (SSSR count). The molecule has 0 saturated carbocycles. The van der Waals surface area contributed by atoms with E-state index in [1.807, 2.05) is 13.8 Å². The van der Waals surface area contributed by atoms with Gasteiger partial charge in [0.1, 0.15) is 0 Å². The molecule has 0 bridgehead atoms. The molecule has 1 fully saturated rings. The van der Waals surface area contributed by atoms with Crippen molar-refractivity contribution in [1.29, 1.82) is 0 Å². The van der Waals surface area contributed by atoms with Crippen LogP contribution in [0.15, 0.2) is 12.3 Å². The molecule has 12 heavy (non-hydrogen) atoms. The third-order valence-electron chi connectivity index (χ3n) is 2.55. The van der Waals surface area contributed by atoms with Crippen molar-refractivity contribution in [3.05, 3.63) is 12.3 Å². The molecule has 0 aromatic rings. The minimum Gasteiger partial charge on any atom is -0.379 e. The van der Waals surface area contributed by atoms with Crippen LogP contribution in [0.4, 0.5) is 0 Å². The van der Waals surface area contributed by atoms with Crippen molar-refractivity contribution in [3.63, 3.8) is 0 Å². The van der Waals surface area contributed by atoms with E-state index in [2.05, 4.69) is 11.9 Å². The molecule has 1 N–H and O–H groups in total. The molecule has 0 radical (unpaired) electrons. The standard InChI is InChI=1S/C10H17NO/c1-4-7(2)10(12)9-6-5-8(3)11-9/h7,9,11H,3-6H2,1-2H3. The van der Waals surface area contributed by atoms with Crippen LogP contribution in [0, 0.1) is 5.92 Å². The number of ketones is 1. The van der Waals surface area contributed by atoms with Gasteiger partial charge in [-0.05, 0) is 19.3 Å². The lowest BCUT2D eigenvalue weighted by molar-refractivity contribution is -0.124. The number of hydrogen-bond donors (Lipinski definition) is 1.